The molecule has 0 rings (SSSR count). The summed E-state index contributed by atoms with van der Waals surface area (Å²) in [6.45, 7) is 12.7. The summed E-state index contributed by atoms with van der Waals surface area (Å²) in [5, 5.41) is 2.74. The highest BCUT2D eigenvalue weighted by atomic mass is 16.1. The third-order valence-electron chi connectivity index (χ3n) is 1.47. The van der Waals surface area contributed by atoms with Crippen molar-refractivity contribution in [2.75, 3.05) is 0 Å². The Hall–Kier alpha value is -1.05. The van der Waals surface area contributed by atoms with Crippen LogP contribution in [0.4, 0.5) is 0 Å². The average molecular weight is 153 g/mol. The minimum atomic E-state index is -0.111. The van der Waals surface area contributed by atoms with Crippen molar-refractivity contribution in [2.24, 2.45) is 0 Å². The van der Waals surface area contributed by atoms with E-state index in [1.165, 1.54) is 0 Å². The van der Waals surface area contributed by atoms with Crippen LogP contribution in [0.25, 0.3) is 0 Å². The summed E-state index contributed by atoms with van der Waals surface area (Å²) in [7, 11) is 0. The second-order valence-corrected chi connectivity index (χ2v) is 2.82. The van der Waals surface area contributed by atoms with Gasteiger partial charge in [-0.15, -0.1) is 0 Å². The lowest BCUT2D eigenvalue weighted by Gasteiger charge is -2.12. The zero-order chi connectivity index (χ0) is 9.02. The molecule has 1 amide bonds. The fourth-order valence-corrected chi connectivity index (χ4v) is 0.443. The standard InChI is InChI=1S/C9H15NO/c1-6(2)8(5)10-9(11)7(3)4/h8H,1,3H2,2,4-5H3,(H,10,11). The lowest BCUT2D eigenvalue weighted by atomic mass is 10.2. The van der Waals surface area contributed by atoms with Crippen LogP contribution in [0.3, 0.4) is 0 Å². The lowest BCUT2D eigenvalue weighted by molar-refractivity contribution is -0.117. The highest BCUT2D eigenvalue weighted by molar-refractivity contribution is 5.92. The molecule has 0 aromatic heterocycles. The molecule has 0 bridgehead atoms. The van der Waals surface area contributed by atoms with Crippen molar-refractivity contribution in [3.63, 3.8) is 0 Å². The van der Waals surface area contributed by atoms with Crippen molar-refractivity contribution in [2.45, 2.75) is 26.8 Å². The fraction of sp³-hybridized carbons (Fsp3) is 0.444. The molecule has 0 aliphatic heterocycles. The second kappa shape index (κ2) is 3.96. The minimum absolute atomic E-state index is 0.0270. The highest BCUT2D eigenvalue weighted by Gasteiger charge is 2.06. The molecule has 1 unspecified atom stereocenters. The van der Waals surface area contributed by atoms with Crippen LogP contribution in [0, 0.1) is 0 Å². The first-order valence-electron chi connectivity index (χ1n) is 3.57. The summed E-state index contributed by atoms with van der Waals surface area (Å²) in [6, 6.07) is 0.0270. The quantitative estimate of drug-likeness (QED) is 0.484. The summed E-state index contributed by atoms with van der Waals surface area (Å²) in [5.41, 5.74) is 1.47. The van der Waals surface area contributed by atoms with Crippen molar-refractivity contribution in [1.82, 2.24) is 5.32 Å². The van der Waals surface area contributed by atoms with Gasteiger partial charge in [-0.2, -0.15) is 0 Å². The van der Waals surface area contributed by atoms with Crippen molar-refractivity contribution >= 4 is 5.91 Å². The average Bonchev–Trinajstić information content (AvgIpc) is 1.87. The van der Waals surface area contributed by atoms with Gasteiger partial charge in [0.15, 0.2) is 0 Å². The largest absolute Gasteiger partial charge is 0.346 e. The Labute approximate surface area is 68.0 Å². The molecule has 0 aliphatic carbocycles. The van der Waals surface area contributed by atoms with E-state index in [4.69, 9.17) is 0 Å². The summed E-state index contributed by atoms with van der Waals surface area (Å²) >= 11 is 0. The van der Waals surface area contributed by atoms with Gasteiger partial charge in [-0.3, -0.25) is 4.79 Å². The van der Waals surface area contributed by atoms with E-state index in [2.05, 4.69) is 18.5 Å². The van der Waals surface area contributed by atoms with E-state index in [9.17, 15) is 4.79 Å². The minimum Gasteiger partial charge on any atom is -0.346 e. The Morgan fingerprint density at radius 1 is 1.36 bits per heavy atom. The first kappa shape index (κ1) is 9.95. The number of amides is 1. The smallest absolute Gasteiger partial charge is 0.246 e. The zero-order valence-corrected chi connectivity index (χ0v) is 7.40. The lowest BCUT2D eigenvalue weighted by Crippen LogP contribution is -2.33. The predicted octanol–water partition coefficient (Wildman–Crippen LogP) is 1.64. The van der Waals surface area contributed by atoms with Gasteiger partial charge >= 0.3 is 0 Å². The van der Waals surface area contributed by atoms with Crippen LogP contribution >= 0.6 is 0 Å². The number of hydrogen-bond donors (Lipinski definition) is 1. The first-order chi connectivity index (χ1) is 4.95. The van der Waals surface area contributed by atoms with Gasteiger partial charge in [0.2, 0.25) is 5.91 Å². The van der Waals surface area contributed by atoms with Gasteiger partial charge in [0.05, 0.1) is 0 Å². The van der Waals surface area contributed by atoms with Crippen LogP contribution in [0.2, 0.25) is 0 Å². The summed E-state index contributed by atoms with van der Waals surface area (Å²) in [4.78, 5) is 11.0. The maximum absolute atomic E-state index is 11.0. The first-order valence-corrected chi connectivity index (χ1v) is 3.57. The van der Waals surface area contributed by atoms with Gasteiger partial charge in [-0.05, 0) is 20.8 Å². The molecule has 1 N–H and O–H groups in total. The van der Waals surface area contributed by atoms with E-state index in [0.29, 0.717) is 5.57 Å². The Bertz CT molecular complexity index is 194. The van der Waals surface area contributed by atoms with Gasteiger partial charge in [-0.1, -0.05) is 18.7 Å². The molecule has 0 saturated carbocycles. The predicted molar refractivity (Wildman–Crippen MR) is 47.2 cm³/mol. The van der Waals surface area contributed by atoms with E-state index >= 15 is 0 Å². The van der Waals surface area contributed by atoms with Crippen LogP contribution in [0.1, 0.15) is 20.8 Å². The maximum Gasteiger partial charge on any atom is 0.246 e. The normalized spacial score (nSPS) is 11.9. The molecule has 0 fully saturated rings. The van der Waals surface area contributed by atoms with Crippen molar-refractivity contribution < 1.29 is 4.79 Å². The second-order valence-electron chi connectivity index (χ2n) is 2.82. The third-order valence-corrected chi connectivity index (χ3v) is 1.47. The molecule has 1 atom stereocenters. The number of carbonyl (C=O) groups excluding carboxylic acids is 1. The van der Waals surface area contributed by atoms with E-state index in [1.54, 1.807) is 6.92 Å². The van der Waals surface area contributed by atoms with Crippen LogP contribution in [-0.2, 0) is 4.79 Å². The van der Waals surface area contributed by atoms with Gasteiger partial charge in [0.1, 0.15) is 0 Å². The van der Waals surface area contributed by atoms with E-state index in [0.717, 1.165) is 5.57 Å². The van der Waals surface area contributed by atoms with E-state index in [1.807, 2.05) is 13.8 Å². The molecule has 0 spiro atoms. The molecule has 2 nitrogen and oxygen atoms in total. The van der Waals surface area contributed by atoms with Gasteiger partial charge < -0.3 is 5.32 Å². The Morgan fingerprint density at radius 2 is 1.82 bits per heavy atom. The van der Waals surface area contributed by atoms with Crippen LogP contribution in [0.15, 0.2) is 24.3 Å². The molecule has 11 heavy (non-hydrogen) atoms. The summed E-state index contributed by atoms with van der Waals surface area (Å²) in [5.74, 6) is -0.111. The van der Waals surface area contributed by atoms with Crippen molar-refractivity contribution in [3.05, 3.63) is 24.3 Å². The molecule has 2 heteroatoms. The van der Waals surface area contributed by atoms with E-state index < -0.39 is 0 Å². The highest BCUT2D eigenvalue weighted by Crippen LogP contribution is 1.97. The number of hydrogen-bond acceptors (Lipinski definition) is 1. The molecule has 62 valence electrons. The molecular weight excluding hydrogens is 138 g/mol. The Kier molecular flexibility index (Phi) is 3.58. The molecule has 0 radical (unpaired) electrons. The topological polar surface area (TPSA) is 29.1 Å². The van der Waals surface area contributed by atoms with Crippen molar-refractivity contribution in [1.29, 1.82) is 0 Å². The fourth-order valence-electron chi connectivity index (χ4n) is 0.443. The van der Waals surface area contributed by atoms with Crippen LogP contribution in [0.5, 0.6) is 0 Å². The molecule has 0 aliphatic rings. The summed E-state index contributed by atoms with van der Waals surface area (Å²) < 4.78 is 0. The Morgan fingerprint density at radius 3 is 2.09 bits per heavy atom. The van der Waals surface area contributed by atoms with Gasteiger partial charge in [0, 0.05) is 11.6 Å². The Balaban J connectivity index is 3.95. The summed E-state index contributed by atoms with van der Waals surface area (Å²) in [6.07, 6.45) is 0. The number of nitrogens with one attached hydrogen (secondary N) is 1. The number of rotatable bonds is 3. The molecule has 0 aromatic carbocycles. The third kappa shape index (κ3) is 3.61. The zero-order valence-electron chi connectivity index (χ0n) is 7.40. The van der Waals surface area contributed by atoms with Crippen LogP contribution < -0.4 is 5.32 Å². The molecule has 0 saturated heterocycles. The number of carbonyl (C=O) groups is 1. The van der Waals surface area contributed by atoms with E-state index in [-0.39, 0.29) is 11.9 Å². The monoisotopic (exact) mass is 153 g/mol. The van der Waals surface area contributed by atoms with Gasteiger partial charge in [0.25, 0.3) is 0 Å². The van der Waals surface area contributed by atoms with Crippen LogP contribution in [-0.4, -0.2) is 11.9 Å². The SMILES string of the molecule is C=C(C)C(=O)NC(C)C(=C)C. The molecular formula is C9H15NO. The molecule has 0 heterocycles. The molecule has 0 aromatic rings. The van der Waals surface area contributed by atoms with Gasteiger partial charge in [-0.25, -0.2) is 0 Å². The van der Waals surface area contributed by atoms with Crippen molar-refractivity contribution in [3.8, 4) is 0 Å². The maximum atomic E-state index is 11.0.